The predicted molar refractivity (Wildman–Crippen MR) is 82.8 cm³/mol. The summed E-state index contributed by atoms with van der Waals surface area (Å²) in [5, 5.41) is 0. The summed E-state index contributed by atoms with van der Waals surface area (Å²) in [5.41, 5.74) is 0.672. The van der Waals surface area contributed by atoms with Gasteiger partial charge in [0.15, 0.2) is 17.6 Å². The molecule has 1 aromatic carbocycles. The molecule has 0 unspecified atom stereocenters. The van der Waals surface area contributed by atoms with Gasteiger partial charge in [-0.15, -0.1) is 0 Å². The fourth-order valence-corrected chi connectivity index (χ4v) is 1.83. The van der Waals surface area contributed by atoms with E-state index in [-0.39, 0.29) is 5.91 Å². The summed E-state index contributed by atoms with van der Waals surface area (Å²) < 4.78 is 15.5. The summed E-state index contributed by atoms with van der Waals surface area (Å²) in [7, 11) is 6.26. The average Bonchev–Trinajstić information content (AvgIpc) is 2.51. The highest BCUT2D eigenvalue weighted by molar-refractivity contribution is 5.90. The van der Waals surface area contributed by atoms with Gasteiger partial charge in [-0.3, -0.25) is 4.79 Å². The SMILES string of the molecule is COc1cccc(/C=C/C(=O)O[C@@H](C)C(=O)N(C)C)c1OC. The van der Waals surface area contributed by atoms with E-state index in [1.807, 2.05) is 0 Å². The van der Waals surface area contributed by atoms with Crippen molar-refractivity contribution in [3.05, 3.63) is 29.8 Å². The van der Waals surface area contributed by atoms with Crippen molar-refractivity contribution in [2.24, 2.45) is 0 Å². The van der Waals surface area contributed by atoms with Crippen molar-refractivity contribution >= 4 is 18.0 Å². The van der Waals surface area contributed by atoms with Gasteiger partial charge in [0, 0.05) is 25.7 Å². The van der Waals surface area contributed by atoms with Crippen molar-refractivity contribution in [2.45, 2.75) is 13.0 Å². The Labute approximate surface area is 130 Å². The number of rotatable bonds is 6. The molecule has 0 aromatic heterocycles. The van der Waals surface area contributed by atoms with Gasteiger partial charge >= 0.3 is 5.97 Å². The number of amides is 1. The van der Waals surface area contributed by atoms with E-state index in [9.17, 15) is 9.59 Å². The van der Waals surface area contributed by atoms with Gasteiger partial charge in [0.1, 0.15) is 0 Å². The molecule has 0 spiro atoms. The second-order valence-electron chi connectivity index (χ2n) is 4.73. The van der Waals surface area contributed by atoms with Crippen LogP contribution in [0.4, 0.5) is 0 Å². The molecule has 1 atom stereocenters. The molecular weight excluding hydrogens is 286 g/mol. The van der Waals surface area contributed by atoms with Crippen molar-refractivity contribution in [1.29, 1.82) is 0 Å². The van der Waals surface area contributed by atoms with Gasteiger partial charge in [0.2, 0.25) is 0 Å². The molecule has 0 N–H and O–H groups in total. The molecule has 6 heteroatoms. The summed E-state index contributed by atoms with van der Waals surface area (Å²) in [6.45, 7) is 1.53. The summed E-state index contributed by atoms with van der Waals surface area (Å²) in [4.78, 5) is 24.7. The zero-order chi connectivity index (χ0) is 16.7. The monoisotopic (exact) mass is 307 g/mol. The van der Waals surface area contributed by atoms with Gasteiger partial charge in [-0.05, 0) is 19.1 Å². The molecule has 0 aliphatic heterocycles. The highest BCUT2D eigenvalue weighted by Gasteiger charge is 2.18. The Kier molecular flexibility index (Phi) is 6.44. The average molecular weight is 307 g/mol. The summed E-state index contributed by atoms with van der Waals surface area (Å²) in [6.07, 6.45) is 1.96. The molecule has 120 valence electrons. The highest BCUT2D eigenvalue weighted by Crippen LogP contribution is 2.31. The first-order valence-electron chi connectivity index (χ1n) is 6.71. The molecular formula is C16H21NO5. The number of hydrogen-bond acceptors (Lipinski definition) is 5. The molecule has 0 aliphatic carbocycles. The first kappa shape index (κ1) is 17.6. The fourth-order valence-electron chi connectivity index (χ4n) is 1.83. The lowest BCUT2D eigenvalue weighted by Gasteiger charge is -2.16. The topological polar surface area (TPSA) is 65.1 Å². The molecule has 1 aromatic rings. The smallest absolute Gasteiger partial charge is 0.331 e. The largest absolute Gasteiger partial charge is 0.493 e. The van der Waals surface area contributed by atoms with Crippen molar-refractivity contribution < 1.29 is 23.8 Å². The number of carbonyl (C=O) groups excluding carboxylic acids is 2. The van der Waals surface area contributed by atoms with Crippen LogP contribution in [-0.4, -0.2) is 51.2 Å². The van der Waals surface area contributed by atoms with Gasteiger partial charge in [-0.25, -0.2) is 4.79 Å². The number of hydrogen-bond donors (Lipinski definition) is 0. The highest BCUT2D eigenvalue weighted by atomic mass is 16.5. The van der Waals surface area contributed by atoms with Crippen LogP contribution in [-0.2, 0) is 14.3 Å². The predicted octanol–water partition coefficient (Wildman–Crippen LogP) is 1.74. The van der Waals surface area contributed by atoms with Crippen LogP contribution in [0.25, 0.3) is 6.08 Å². The van der Waals surface area contributed by atoms with Crippen molar-refractivity contribution in [2.75, 3.05) is 28.3 Å². The van der Waals surface area contributed by atoms with E-state index in [0.29, 0.717) is 17.1 Å². The third-order valence-corrected chi connectivity index (χ3v) is 2.91. The maximum absolute atomic E-state index is 11.8. The Balaban J connectivity index is 2.80. The van der Waals surface area contributed by atoms with Gasteiger partial charge < -0.3 is 19.1 Å². The number of methoxy groups -OCH3 is 2. The van der Waals surface area contributed by atoms with Crippen LogP contribution in [0.3, 0.4) is 0 Å². The van der Waals surface area contributed by atoms with Gasteiger partial charge in [0.05, 0.1) is 14.2 Å². The van der Waals surface area contributed by atoms with Crippen LogP contribution in [0.1, 0.15) is 12.5 Å². The van der Waals surface area contributed by atoms with E-state index >= 15 is 0 Å². The second-order valence-corrected chi connectivity index (χ2v) is 4.73. The van der Waals surface area contributed by atoms with Crippen LogP contribution in [0, 0.1) is 0 Å². The molecule has 0 fully saturated rings. The number of para-hydroxylation sites is 1. The van der Waals surface area contributed by atoms with E-state index in [1.54, 1.807) is 38.4 Å². The first-order chi connectivity index (χ1) is 10.4. The lowest BCUT2D eigenvalue weighted by Crippen LogP contribution is -2.34. The standard InChI is InChI=1S/C16H21NO5/c1-11(16(19)17(2)3)22-14(18)10-9-12-7-6-8-13(20-4)15(12)21-5/h6-11H,1-5H3/b10-9+/t11-/m0/s1. The molecule has 0 bridgehead atoms. The molecule has 22 heavy (non-hydrogen) atoms. The van der Waals surface area contributed by atoms with Crippen LogP contribution >= 0.6 is 0 Å². The Morgan fingerprint density at radius 1 is 1.18 bits per heavy atom. The first-order valence-corrected chi connectivity index (χ1v) is 6.71. The minimum absolute atomic E-state index is 0.277. The lowest BCUT2D eigenvalue weighted by molar-refractivity contribution is -0.153. The van der Waals surface area contributed by atoms with Crippen LogP contribution in [0.2, 0.25) is 0 Å². The number of likely N-dealkylation sites (N-methyl/N-ethyl adjacent to an activating group) is 1. The second kappa shape index (κ2) is 8.07. The number of nitrogens with zero attached hydrogens (tertiary/aromatic N) is 1. The Hall–Kier alpha value is -2.50. The van der Waals surface area contributed by atoms with E-state index in [2.05, 4.69) is 0 Å². The van der Waals surface area contributed by atoms with Crippen molar-refractivity contribution in [3.63, 3.8) is 0 Å². The zero-order valence-corrected chi connectivity index (χ0v) is 13.5. The molecule has 0 saturated carbocycles. The number of benzene rings is 1. The van der Waals surface area contributed by atoms with Gasteiger partial charge in [0.25, 0.3) is 5.91 Å². The molecule has 0 aliphatic rings. The van der Waals surface area contributed by atoms with Crippen LogP contribution in [0.5, 0.6) is 11.5 Å². The van der Waals surface area contributed by atoms with Crippen molar-refractivity contribution in [3.8, 4) is 11.5 Å². The summed E-state index contributed by atoms with van der Waals surface area (Å²) in [6, 6.07) is 5.32. The lowest BCUT2D eigenvalue weighted by atomic mass is 10.1. The van der Waals surface area contributed by atoms with Gasteiger partial charge in [-0.1, -0.05) is 12.1 Å². The van der Waals surface area contributed by atoms with E-state index in [4.69, 9.17) is 14.2 Å². The summed E-state index contributed by atoms with van der Waals surface area (Å²) in [5.74, 6) is 0.203. The van der Waals surface area contributed by atoms with Gasteiger partial charge in [-0.2, -0.15) is 0 Å². The van der Waals surface area contributed by atoms with Crippen LogP contribution < -0.4 is 9.47 Å². The third-order valence-electron chi connectivity index (χ3n) is 2.91. The normalized spacial score (nSPS) is 11.9. The van der Waals surface area contributed by atoms with Crippen molar-refractivity contribution in [1.82, 2.24) is 4.90 Å². The Bertz CT molecular complexity index is 566. The minimum atomic E-state index is -0.834. The molecule has 0 heterocycles. The molecule has 6 nitrogen and oxygen atoms in total. The quantitative estimate of drug-likeness (QED) is 0.591. The molecule has 1 rings (SSSR count). The van der Waals surface area contributed by atoms with E-state index in [0.717, 1.165) is 0 Å². The van der Waals surface area contributed by atoms with E-state index in [1.165, 1.54) is 32.1 Å². The fraction of sp³-hybridized carbons (Fsp3) is 0.375. The molecule has 0 saturated heterocycles. The Morgan fingerprint density at radius 3 is 2.41 bits per heavy atom. The summed E-state index contributed by atoms with van der Waals surface area (Å²) >= 11 is 0. The maximum Gasteiger partial charge on any atom is 0.331 e. The third kappa shape index (κ3) is 4.51. The minimum Gasteiger partial charge on any atom is -0.493 e. The number of esters is 1. The Morgan fingerprint density at radius 2 is 1.86 bits per heavy atom. The molecule has 0 radical (unpaired) electrons. The van der Waals surface area contributed by atoms with Crippen LogP contribution in [0.15, 0.2) is 24.3 Å². The zero-order valence-electron chi connectivity index (χ0n) is 13.5. The van der Waals surface area contributed by atoms with E-state index < -0.39 is 12.1 Å². The maximum atomic E-state index is 11.8. The number of ether oxygens (including phenoxy) is 3. The number of carbonyl (C=O) groups is 2. The molecule has 1 amide bonds.